The first-order valence-electron chi connectivity index (χ1n) is 9.59. The third-order valence-electron chi connectivity index (χ3n) is 5.23. The van der Waals surface area contributed by atoms with E-state index in [9.17, 15) is 4.79 Å². The van der Waals surface area contributed by atoms with Gasteiger partial charge in [-0.15, -0.1) is 0 Å². The van der Waals surface area contributed by atoms with Crippen LogP contribution in [0, 0.1) is 0 Å². The largest absolute Gasteiger partial charge is 0.387 e. The highest BCUT2D eigenvalue weighted by Gasteiger charge is 2.32. The van der Waals surface area contributed by atoms with Crippen molar-refractivity contribution in [3.8, 4) is 0 Å². The van der Waals surface area contributed by atoms with E-state index in [2.05, 4.69) is 41.0 Å². The Morgan fingerprint density at radius 1 is 1.26 bits per heavy atom. The van der Waals surface area contributed by atoms with E-state index in [1.54, 1.807) is 0 Å². The zero-order valence-corrected chi connectivity index (χ0v) is 16.1. The van der Waals surface area contributed by atoms with Gasteiger partial charge in [0, 0.05) is 17.7 Å². The van der Waals surface area contributed by atoms with Gasteiger partial charge in [0.2, 0.25) is 0 Å². The van der Waals surface area contributed by atoms with Gasteiger partial charge in [-0.05, 0) is 45.6 Å². The van der Waals surface area contributed by atoms with E-state index in [0.717, 1.165) is 30.4 Å². The van der Waals surface area contributed by atoms with E-state index in [-0.39, 0.29) is 23.6 Å². The minimum absolute atomic E-state index is 0.0178. The van der Waals surface area contributed by atoms with Gasteiger partial charge in [-0.25, -0.2) is 0 Å². The van der Waals surface area contributed by atoms with Crippen molar-refractivity contribution >= 4 is 11.6 Å². The maximum Gasteiger partial charge on any atom is 0.269 e. The molecule has 0 fully saturated rings. The number of nitrogens with zero attached hydrogens (tertiary/aromatic N) is 3. The van der Waals surface area contributed by atoms with Crippen LogP contribution in [0.5, 0.6) is 0 Å². The highest BCUT2D eigenvalue weighted by Crippen LogP contribution is 2.33. The maximum atomic E-state index is 12.8. The maximum absolute atomic E-state index is 12.8. The summed E-state index contributed by atoms with van der Waals surface area (Å²) in [5.74, 6) is -0.144. The number of hydrogen-bond donors (Lipinski definition) is 1. The van der Waals surface area contributed by atoms with Crippen LogP contribution in [0.3, 0.4) is 0 Å². The van der Waals surface area contributed by atoms with Crippen molar-refractivity contribution in [2.45, 2.75) is 64.1 Å². The molecule has 0 saturated carbocycles. The molecule has 6 nitrogen and oxygen atoms in total. The van der Waals surface area contributed by atoms with Crippen LogP contribution >= 0.6 is 0 Å². The van der Waals surface area contributed by atoms with Crippen LogP contribution in [0.25, 0.3) is 0 Å². The van der Waals surface area contributed by atoms with E-state index in [4.69, 9.17) is 4.84 Å². The lowest BCUT2D eigenvalue weighted by atomic mass is 9.92. The number of nitrogens with one attached hydrogen (secondary N) is 1. The molecule has 2 atom stereocenters. The lowest BCUT2D eigenvalue weighted by Crippen LogP contribution is -2.36. The molecule has 1 aromatic carbocycles. The average Bonchev–Trinajstić information content (AvgIpc) is 3.30. The van der Waals surface area contributed by atoms with Crippen molar-refractivity contribution in [2.75, 3.05) is 0 Å². The van der Waals surface area contributed by atoms with Gasteiger partial charge in [-0.3, -0.25) is 9.48 Å². The number of rotatable bonds is 3. The fourth-order valence-electron chi connectivity index (χ4n) is 3.88. The minimum Gasteiger partial charge on any atom is -0.387 e. The van der Waals surface area contributed by atoms with E-state index in [1.807, 2.05) is 36.5 Å². The molecule has 6 heteroatoms. The first kappa shape index (κ1) is 17.8. The van der Waals surface area contributed by atoms with Crippen LogP contribution in [0.4, 0.5) is 0 Å². The Bertz CT molecular complexity index is 864. The van der Waals surface area contributed by atoms with Crippen molar-refractivity contribution in [3.63, 3.8) is 0 Å². The molecule has 0 bridgehead atoms. The summed E-state index contributed by atoms with van der Waals surface area (Å²) < 4.78 is 2.09. The first-order chi connectivity index (χ1) is 12.9. The molecular weight excluding hydrogens is 340 g/mol. The van der Waals surface area contributed by atoms with Gasteiger partial charge in [0.15, 0.2) is 6.10 Å². The van der Waals surface area contributed by atoms with Gasteiger partial charge in [0.05, 0.1) is 17.8 Å². The van der Waals surface area contributed by atoms with Crippen molar-refractivity contribution in [1.29, 1.82) is 0 Å². The van der Waals surface area contributed by atoms with Crippen molar-refractivity contribution in [1.82, 2.24) is 15.1 Å². The second-order valence-corrected chi connectivity index (χ2v) is 8.29. The van der Waals surface area contributed by atoms with Gasteiger partial charge in [0.25, 0.3) is 5.91 Å². The highest BCUT2D eigenvalue weighted by molar-refractivity contribution is 6.39. The normalized spacial score (nSPS) is 22.0. The fraction of sp³-hybridized carbons (Fsp3) is 0.476. The Morgan fingerprint density at radius 2 is 2.04 bits per heavy atom. The summed E-state index contributed by atoms with van der Waals surface area (Å²) in [5, 5.41) is 11.8. The molecular formula is C21H26N4O2. The molecule has 142 valence electrons. The third kappa shape index (κ3) is 3.48. The summed E-state index contributed by atoms with van der Waals surface area (Å²) in [6.45, 7) is 6.45. The lowest BCUT2D eigenvalue weighted by Gasteiger charge is -2.28. The smallest absolute Gasteiger partial charge is 0.269 e. The number of carbonyl (C=O) groups excluding carboxylic acids is 1. The third-order valence-corrected chi connectivity index (χ3v) is 5.23. The summed E-state index contributed by atoms with van der Waals surface area (Å²) in [4.78, 5) is 18.2. The van der Waals surface area contributed by atoms with Gasteiger partial charge in [-0.2, -0.15) is 5.10 Å². The van der Waals surface area contributed by atoms with Crippen LogP contribution in [-0.4, -0.2) is 21.4 Å². The molecule has 1 aromatic heterocycles. The lowest BCUT2D eigenvalue weighted by molar-refractivity contribution is -0.115. The average molecular weight is 366 g/mol. The van der Waals surface area contributed by atoms with Gasteiger partial charge < -0.3 is 10.2 Å². The van der Waals surface area contributed by atoms with Crippen molar-refractivity contribution < 1.29 is 9.63 Å². The summed E-state index contributed by atoms with van der Waals surface area (Å²) in [7, 11) is 0. The predicted octanol–water partition coefficient (Wildman–Crippen LogP) is 3.65. The minimum atomic E-state index is -0.183. The molecule has 2 heterocycles. The quantitative estimate of drug-likeness (QED) is 0.901. The molecule has 0 saturated heterocycles. The molecule has 0 unspecified atom stereocenters. The van der Waals surface area contributed by atoms with Crippen LogP contribution in [0.1, 0.15) is 69.0 Å². The molecule has 1 aliphatic carbocycles. The molecule has 1 aliphatic heterocycles. The number of carbonyl (C=O) groups is 1. The summed E-state index contributed by atoms with van der Waals surface area (Å²) in [6.07, 6.45) is 5.18. The SMILES string of the molecule is CC(C)(C)n1ncc2c1CCC[C@@H]2NC(=O)C1=NO[C@H](c2ccccc2)C1. The Morgan fingerprint density at radius 3 is 2.78 bits per heavy atom. The molecule has 4 rings (SSSR count). The predicted molar refractivity (Wildman–Crippen MR) is 103 cm³/mol. The Hall–Kier alpha value is -2.63. The van der Waals surface area contributed by atoms with Crippen LogP contribution in [0.15, 0.2) is 41.7 Å². The Labute approximate surface area is 159 Å². The Balaban J connectivity index is 1.45. The van der Waals surface area contributed by atoms with Crippen LogP contribution < -0.4 is 5.32 Å². The second kappa shape index (κ2) is 6.83. The fourth-order valence-corrected chi connectivity index (χ4v) is 3.88. The number of fused-ring (bicyclic) bond motifs is 1. The number of hydrogen-bond acceptors (Lipinski definition) is 4. The zero-order chi connectivity index (χ0) is 19.0. The van der Waals surface area contributed by atoms with E-state index in [0.29, 0.717) is 12.1 Å². The Kier molecular flexibility index (Phi) is 4.50. The topological polar surface area (TPSA) is 68.5 Å². The van der Waals surface area contributed by atoms with Gasteiger partial charge in [-0.1, -0.05) is 35.5 Å². The highest BCUT2D eigenvalue weighted by atomic mass is 16.6. The second-order valence-electron chi connectivity index (χ2n) is 8.29. The number of benzene rings is 1. The number of aromatic nitrogens is 2. The standard InChI is InChI=1S/C21H26N4O2/c1-21(2,3)25-18-11-7-10-16(15(18)13-22-25)23-20(26)17-12-19(27-24-17)14-8-5-4-6-9-14/h4-6,8-9,13,16,19H,7,10-12H2,1-3H3,(H,23,26)/t16-,19-/m0/s1. The van der Waals surface area contributed by atoms with E-state index < -0.39 is 0 Å². The first-order valence-corrected chi connectivity index (χ1v) is 9.59. The molecule has 27 heavy (non-hydrogen) atoms. The number of oxime groups is 1. The van der Waals surface area contributed by atoms with Crippen molar-refractivity contribution in [3.05, 3.63) is 53.3 Å². The zero-order valence-electron chi connectivity index (χ0n) is 16.1. The summed E-state index contributed by atoms with van der Waals surface area (Å²) >= 11 is 0. The van der Waals surface area contributed by atoms with Crippen LogP contribution in [0.2, 0.25) is 0 Å². The summed E-state index contributed by atoms with van der Waals surface area (Å²) in [6, 6.07) is 9.87. The van der Waals surface area contributed by atoms with Crippen LogP contribution in [-0.2, 0) is 21.6 Å². The number of amides is 1. The summed E-state index contributed by atoms with van der Waals surface area (Å²) in [5.41, 5.74) is 3.79. The van der Waals surface area contributed by atoms with E-state index in [1.165, 1.54) is 5.69 Å². The van der Waals surface area contributed by atoms with Gasteiger partial charge >= 0.3 is 0 Å². The molecule has 2 aliphatic rings. The van der Waals surface area contributed by atoms with E-state index >= 15 is 0 Å². The molecule has 0 radical (unpaired) electrons. The molecule has 2 aromatic rings. The molecule has 1 amide bonds. The monoisotopic (exact) mass is 366 g/mol. The molecule has 0 spiro atoms. The van der Waals surface area contributed by atoms with Crippen molar-refractivity contribution in [2.24, 2.45) is 5.16 Å². The van der Waals surface area contributed by atoms with Gasteiger partial charge in [0.1, 0.15) is 5.71 Å². The molecule has 1 N–H and O–H groups in total.